The number of benzene rings is 1. The standard InChI is InChI=1S/C24H28ClNO6S/c1-5-30-24(29)21-17-8-6-13(2)10-19(17)33-23(21)26-22(28)15(4)32-20(27)12-31-16-7-9-18(25)14(3)11-16/h7,9,11,13,15H,5-6,8,10,12H2,1-4H3,(H,26,28). The minimum Gasteiger partial charge on any atom is -0.482 e. The van der Waals surface area contributed by atoms with Gasteiger partial charge in [-0.05, 0) is 75.3 Å². The zero-order chi connectivity index (χ0) is 24.1. The highest BCUT2D eigenvalue weighted by molar-refractivity contribution is 7.17. The number of thiophene rings is 1. The zero-order valence-electron chi connectivity index (χ0n) is 19.2. The monoisotopic (exact) mass is 493 g/mol. The fourth-order valence-electron chi connectivity index (χ4n) is 3.61. The van der Waals surface area contributed by atoms with Gasteiger partial charge in [0.15, 0.2) is 12.7 Å². The number of aryl methyl sites for hydroxylation is 1. The van der Waals surface area contributed by atoms with Gasteiger partial charge in [-0.15, -0.1) is 11.3 Å². The number of anilines is 1. The summed E-state index contributed by atoms with van der Waals surface area (Å²) in [6.07, 6.45) is 1.53. The summed E-state index contributed by atoms with van der Waals surface area (Å²) in [7, 11) is 0. The van der Waals surface area contributed by atoms with E-state index in [0.717, 1.165) is 35.3 Å². The minimum absolute atomic E-state index is 0.244. The lowest BCUT2D eigenvalue weighted by Gasteiger charge is -2.18. The van der Waals surface area contributed by atoms with Gasteiger partial charge >= 0.3 is 11.9 Å². The first-order valence-electron chi connectivity index (χ1n) is 10.9. The van der Waals surface area contributed by atoms with Gasteiger partial charge in [0, 0.05) is 9.90 Å². The Balaban J connectivity index is 1.63. The normalized spacial score (nSPS) is 15.8. The highest BCUT2D eigenvalue weighted by Gasteiger charge is 2.30. The lowest BCUT2D eigenvalue weighted by atomic mass is 9.88. The molecule has 1 N–H and O–H groups in total. The van der Waals surface area contributed by atoms with Crippen LogP contribution in [-0.2, 0) is 31.9 Å². The first-order chi connectivity index (χ1) is 15.7. The van der Waals surface area contributed by atoms with Gasteiger partial charge < -0.3 is 19.5 Å². The van der Waals surface area contributed by atoms with Crippen molar-refractivity contribution in [2.75, 3.05) is 18.5 Å². The summed E-state index contributed by atoms with van der Waals surface area (Å²) < 4.78 is 15.9. The summed E-state index contributed by atoms with van der Waals surface area (Å²) in [6.45, 7) is 7.10. The quantitative estimate of drug-likeness (QED) is 0.522. The number of hydrogen-bond donors (Lipinski definition) is 1. The van der Waals surface area contributed by atoms with Crippen LogP contribution < -0.4 is 10.1 Å². The molecule has 2 atom stereocenters. The second kappa shape index (κ2) is 11.0. The van der Waals surface area contributed by atoms with Crippen LogP contribution in [0.1, 0.15) is 53.6 Å². The lowest BCUT2D eigenvalue weighted by molar-refractivity contribution is -0.155. The molecule has 1 aliphatic rings. The van der Waals surface area contributed by atoms with E-state index in [0.29, 0.717) is 27.3 Å². The molecule has 178 valence electrons. The fraction of sp³-hybridized carbons (Fsp3) is 0.458. The molecule has 0 saturated heterocycles. The van der Waals surface area contributed by atoms with Crippen LogP contribution in [0.25, 0.3) is 0 Å². The van der Waals surface area contributed by atoms with Crippen molar-refractivity contribution in [3.63, 3.8) is 0 Å². The van der Waals surface area contributed by atoms with E-state index >= 15 is 0 Å². The molecule has 1 aliphatic carbocycles. The Kier molecular flexibility index (Phi) is 8.37. The highest BCUT2D eigenvalue weighted by Crippen LogP contribution is 2.40. The van der Waals surface area contributed by atoms with Crippen molar-refractivity contribution in [1.82, 2.24) is 0 Å². The van der Waals surface area contributed by atoms with Gasteiger partial charge in [-0.25, -0.2) is 9.59 Å². The van der Waals surface area contributed by atoms with Crippen LogP contribution in [0.15, 0.2) is 18.2 Å². The van der Waals surface area contributed by atoms with E-state index in [1.807, 2.05) is 6.92 Å². The summed E-state index contributed by atoms with van der Waals surface area (Å²) in [5.41, 5.74) is 2.18. The van der Waals surface area contributed by atoms with Crippen molar-refractivity contribution in [1.29, 1.82) is 0 Å². The molecule has 9 heteroatoms. The molecule has 3 rings (SSSR count). The van der Waals surface area contributed by atoms with Crippen LogP contribution in [0.3, 0.4) is 0 Å². The molecule has 0 saturated carbocycles. The van der Waals surface area contributed by atoms with E-state index < -0.39 is 23.9 Å². The maximum absolute atomic E-state index is 12.7. The molecule has 2 aromatic rings. The van der Waals surface area contributed by atoms with E-state index in [9.17, 15) is 14.4 Å². The Morgan fingerprint density at radius 1 is 1.30 bits per heavy atom. The molecular weight excluding hydrogens is 466 g/mol. The molecule has 1 aromatic carbocycles. The van der Waals surface area contributed by atoms with E-state index in [2.05, 4.69) is 12.2 Å². The molecule has 1 amide bonds. The Morgan fingerprint density at radius 2 is 2.06 bits per heavy atom. The van der Waals surface area contributed by atoms with Crippen LogP contribution in [0, 0.1) is 12.8 Å². The van der Waals surface area contributed by atoms with E-state index in [1.54, 1.807) is 25.1 Å². The largest absolute Gasteiger partial charge is 0.482 e. The second-order valence-electron chi connectivity index (χ2n) is 8.10. The molecular formula is C24H28ClNO6S. The lowest BCUT2D eigenvalue weighted by Crippen LogP contribution is -2.32. The number of rotatable bonds is 8. The minimum atomic E-state index is -1.07. The third-order valence-electron chi connectivity index (χ3n) is 5.39. The molecule has 0 spiro atoms. The Hall–Kier alpha value is -2.58. The van der Waals surface area contributed by atoms with Crippen molar-refractivity contribution in [3.8, 4) is 5.75 Å². The summed E-state index contributed by atoms with van der Waals surface area (Å²) in [6, 6.07) is 5.04. The fourth-order valence-corrected chi connectivity index (χ4v) is 5.12. The molecule has 0 aliphatic heterocycles. The predicted molar refractivity (Wildman–Crippen MR) is 127 cm³/mol. The molecule has 7 nitrogen and oxygen atoms in total. The van der Waals surface area contributed by atoms with Gasteiger partial charge in [0.2, 0.25) is 0 Å². The Labute approximate surface area is 202 Å². The molecule has 2 unspecified atom stereocenters. The van der Waals surface area contributed by atoms with Crippen LogP contribution in [0.4, 0.5) is 5.00 Å². The van der Waals surface area contributed by atoms with Crippen molar-refractivity contribution >= 4 is 45.8 Å². The predicted octanol–water partition coefficient (Wildman–Crippen LogP) is 4.96. The van der Waals surface area contributed by atoms with Crippen LogP contribution in [0.5, 0.6) is 5.75 Å². The average Bonchev–Trinajstić information content (AvgIpc) is 3.11. The molecule has 0 fully saturated rings. The van der Waals surface area contributed by atoms with Crippen LogP contribution >= 0.6 is 22.9 Å². The number of esters is 2. The summed E-state index contributed by atoms with van der Waals surface area (Å²) in [4.78, 5) is 38.6. The summed E-state index contributed by atoms with van der Waals surface area (Å²) in [5, 5.41) is 3.80. The number of ether oxygens (including phenoxy) is 3. The van der Waals surface area contributed by atoms with Crippen LogP contribution in [0.2, 0.25) is 5.02 Å². The maximum Gasteiger partial charge on any atom is 0.344 e. The van der Waals surface area contributed by atoms with Gasteiger partial charge in [0.05, 0.1) is 12.2 Å². The number of hydrogen-bond acceptors (Lipinski definition) is 7. The van der Waals surface area contributed by atoms with Crippen molar-refractivity contribution in [3.05, 3.63) is 44.8 Å². The average molecular weight is 494 g/mol. The SMILES string of the molecule is CCOC(=O)c1c(NC(=O)C(C)OC(=O)COc2ccc(Cl)c(C)c2)sc2c1CCC(C)C2. The first-order valence-corrected chi connectivity index (χ1v) is 12.1. The number of nitrogens with one attached hydrogen (secondary N) is 1. The molecule has 1 aromatic heterocycles. The number of fused-ring (bicyclic) bond motifs is 1. The number of carbonyl (C=O) groups excluding carboxylic acids is 3. The number of amides is 1. The number of halogens is 1. The second-order valence-corrected chi connectivity index (χ2v) is 9.61. The molecule has 1 heterocycles. The zero-order valence-corrected chi connectivity index (χ0v) is 20.7. The van der Waals surface area contributed by atoms with Crippen molar-refractivity contribution in [2.24, 2.45) is 5.92 Å². The van der Waals surface area contributed by atoms with E-state index in [-0.39, 0.29) is 13.2 Å². The third-order valence-corrected chi connectivity index (χ3v) is 6.99. The van der Waals surface area contributed by atoms with E-state index in [4.69, 9.17) is 25.8 Å². The molecule has 33 heavy (non-hydrogen) atoms. The van der Waals surface area contributed by atoms with E-state index in [1.165, 1.54) is 18.3 Å². The summed E-state index contributed by atoms with van der Waals surface area (Å²) in [5.74, 6) is -0.670. The Bertz CT molecular complexity index is 1050. The highest BCUT2D eigenvalue weighted by atomic mass is 35.5. The van der Waals surface area contributed by atoms with Gasteiger partial charge in [-0.1, -0.05) is 18.5 Å². The topological polar surface area (TPSA) is 90.9 Å². The van der Waals surface area contributed by atoms with Crippen molar-refractivity contribution in [2.45, 2.75) is 53.1 Å². The summed E-state index contributed by atoms with van der Waals surface area (Å²) >= 11 is 7.37. The Morgan fingerprint density at radius 3 is 2.76 bits per heavy atom. The molecule has 0 bridgehead atoms. The van der Waals surface area contributed by atoms with Gasteiger partial charge in [0.1, 0.15) is 10.8 Å². The first kappa shape index (κ1) is 25.1. The molecule has 0 radical (unpaired) electrons. The van der Waals surface area contributed by atoms with Crippen LogP contribution in [-0.4, -0.2) is 37.2 Å². The smallest absolute Gasteiger partial charge is 0.344 e. The van der Waals surface area contributed by atoms with Gasteiger partial charge in [-0.2, -0.15) is 0 Å². The van der Waals surface area contributed by atoms with Crippen molar-refractivity contribution < 1.29 is 28.6 Å². The van der Waals surface area contributed by atoms with Gasteiger partial charge in [0.25, 0.3) is 5.91 Å². The van der Waals surface area contributed by atoms with Gasteiger partial charge in [-0.3, -0.25) is 4.79 Å². The maximum atomic E-state index is 12.7. The number of carbonyl (C=O) groups is 3. The third kappa shape index (κ3) is 6.26.